The minimum absolute atomic E-state index is 0.261. The maximum atomic E-state index is 5.92. The van der Waals surface area contributed by atoms with E-state index in [1.807, 2.05) is 18.2 Å². The van der Waals surface area contributed by atoms with Crippen molar-refractivity contribution in [1.29, 1.82) is 0 Å². The summed E-state index contributed by atoms with van der Waals surface area (Å²) in [5, 5.41) is 0.832. The number of alkyl halides is 1. The number of methoxy groups -OCH3 is 1. The van der Waals surface area contributed by atoms with Crippen LogP contribution in [-0.2, 0) is 0 Å². The van der Waals surface area contributed by atoms with Crippen LogP contribution in [0.1, 0.15) is 19.4 Å². The lowest BCUT2D eigenvalue weighted by atomic mass is 9.96. The minimum Gasteiger partial charge on any atom is -0.497 e. The van der Waals surface area contributed by atoms with E-state index in [1.54, 1.807) is 7.11 Å². The van der Waals surface area contributed by atoms with Crippen molar-refractivity contribution in [3.05, 3.63) is 29.8 Å². The Morgan fingerprint density at radius 3 is 2.75 bits per heavy atom. The molecule has 0 bridgehead atoms. The van der Waals surface area contributed by atoms with Crippen LogP contribution in [0.25, 0.3) is 5.57 Å². The number of fused-ring (bicyclic) bond motifs is 1. The Morgan fingerprint density at radius 2 is 2.12 bits per heavy atom. The van der Waals surface area contributed by atoms with Gasteiger partial charge in [0.1, 0.15) is 17.1 Å². The smallest absolute Gasteiger partial charge is 0.131 e. The SMILES string of the molecule is COc1ccc2c(c1)OC(C)(C)C=C2CBr. The second kappa shape index (κ2) is 4.13. The monoisotopic (exact) mass is 282 g/mol. The van der Waals surface area contributed by atoms with Crippen molar-refractivity contribution in [2.24, 2.45) is 0 Å². The molecule has 0 unspecified atom stereocenters. The summed E-state index contributed by atoms with van der Waals surface area (Å²) in [7, 11) is 1.66. The first kappa shape index (κ1) is 11.5. The highest BCUT2D eigenvalue weighted by Gasteiger charge is 2.26. The summed E-state index contributed by atoms with van der Waals surface area (Å²) < 4.78 is 11.1. The normalized spacial score (nSPS) is 17.1. The Labute approximate surface area is 104 Å². The average molecular weight is 283 g/mol. The maximum absolute atomic E-state index is 5.92. The fourth-order valence-electron chi connectivity index (χ4n) is 1.90. The Kier molecular flexibility index (Phi) is 2.98. The van der Waals surface area contributed by atoms with E-state index in [4.69, 9.17) is 9.47 Å². The highest BCUT2D eigenvalue weighted by atomic mass is 79.9. The number of benzene rings is 1. The molecule has 0 aromatic heterocycles. The molecule has 86 valence electrons. The summed E-state index contributed by atoms with van der Waals surface area (Å²) in [5.74, 6) is 1.71. The van der Waals surface area contributed by atoms with Gasteiger partial charge in [-0.3, -0.25) is 0 Å². The largest absolute Gasteiger partial charge is 0.497 e. The zero-order valence-electron chi connectivity index (χ0n) is 9.71. The summed E-state index contributed by atoms with van der Waals surface area (Å²) >= 11 is 3.51. The molecular formula is C13H15BrO2. The van der Waals surface area contributed by atoms with Crippen LogP contribution in [0.5, 0.6) is 11.5 Å². The van der Waals surface area contributed by atoms with Crippen LogP contribution in [0.4, 0.5) is 0 Å². The lowest BCUT2D eigenvalue weighted by Gasteiger charge is -2.30. The molecular weight excluding hydrogens is 268 g/mol. The van der Waals surface area contributed by atoms with E-state index in [9.17, 15) is 0 Å². The zero-order valence-corrected chi connectivity index (χ0v) is 11.3. The van der Waals surface area contributed by atoms with E-state index < -0.39 is 0 Å². The first-order chi connectivity index (χ1) is 7.55. The molecule has 0 amide bonds. The van der Waals surface area contributed by atoms with Crippen LogP contribution in [0.2, 0.25) is 0 Å². The Hall–Kier alpha value is -0.960. The van der Waals surface area contributed by atoms with Gasteiger partial charge in [-0.25, -0.2) is 0 Å². The summed E-state index contributed by atoms with van der Waals surface area (Å²) in [6.45, 7) is 4.11. The van der Waals surface area contributed by atoms with Crippen molar-refractivity contribution in [1.82, 2.24) is 0 Å². The number of hydrogen-bond donors (Lipinski definition) is 0. The van der Waals surface area contributed by atoms with Gasteiger partial charge >= 0.3 is 0 Å². The lowest BCUT2D eigenvalue weighted by Crippen LogP contribution is -2.29. The van der Waals surface area contributed by atoms with Crippen molar-refractivity contribution in [2.75, 3.05) is 12.4 Å². The Bertz CT molecular complexity index is 436. The number of hydrogen-bond acceptors (Lipinski definition) is 2. The van der Waals surface area contributed by atoms with Gasteiger partial charge in [0.05, 0.1) is 7.11 Å². The van der Waals surface area contributed by atoms with Crippen molar-refractivity contribution < 1.29 is 9.47 Å². The fraction of sp³-hybridized carbons (Fsp3) is 0.385. The van der Waals surface area contributed by atoms with Crippen LogP contribution in [0.3, 0.4) is 0 Å². The third-order valence-corrected chi connectivity index (χ3v) is 3.18. The van der Waals surface area contributed by atoms with E-state index in [0.717, 1.165) is 22.4 Å². The zero-order chi connectivity index (χ0) is 11.8. The third kappa shape index (κ3) is 2.09. The molecule has 0 fully saturated rings. The molecule has 0 saturated heterocycles. The van der Waals surface area contributed by atoms with Crippen molar-refractivity contribution in [3.8, 4) is 11.5 Å². The third-order valence-electron chi connectivity index (χ3n) is 2.57. The molecule has 1 aliphatic heterocycles. The van der Waals surface area contributed by atoms with Crippen LogP contribution < -0.4 is 9.47 Å². The number of halogens is 1. The first-order valence-corrected chi connectivity index (χ1v) is 6.33. The molecule has 0 aliphatic carbocycles. The number of allylic oxidation sites excluding steroid dienone is 1. The molecule has 0 N–H and O–H groups in total. The van der Waals surface area contributed by atoms with E-state index in [1.165, 1.54) is 5.57 Å². The fourth-order valence-corrected chi connectivity index (χ4v) is 2.36. The molecule has 0 spiro atoms. The first-order valence-electron chi connectivity index (χ1n) is 5.21. The maximum Gasteiger partial charge on any atom is 0.131 e. The standard InChI is InChI=1S/C13H15BrO2/c1-13(2)7-9(8-14)11-5-4-10(15-3)6-12(11)16-13/h4-7H,8H2,1-3H3. The summed E-state index contributed by atoms with van der Waals surface area (Å²) in [6.07, 6.45) is 2.15. The predicted octanol–water partition coefficient (Wildman–Crippen LogP) is 3.64. The molecule has 16 heavy (non-hydrogen) atoms. The number of ether oxygens (including phenoxy) is 2. The Morgan fingerprint density at radius 1 is 1.38 bits per heavy atom. The van der Waals surface area contributed by atoms with E-state index >= 15 is 0 Å². The van der Waals surface area contributed by atoms with Gasteiger partial charge in [0, 0.05) is 17.0 Å². The quantitative estimate of drug-likeness (QED) is 0.771. The second-order valence-electron chi connectivity index (χ2n) is 4.37. The van der Waals surface area contributed by atoms with E-state index in [0.29, 0.717) is 0 Å². The van der Waals surface area contributed by atoms with Crippen molar-refractivity contribution in [3.63, 3.8) is 0 Å². The molecule has 0 atom stereocenters. The van der Waals surface area contributed by atoms with E-state index in [2.05, 4.69) is 35.9 Å². The molecule has 2 nitrogen and oxygen atoms in total. The molecule has 1 aromatic rings. The summed E-state index contributed by atoms with van der Waals surface area (Å²) in [6, 6.07) is 5.93. The van der Waals surface area contributed by atoms with Gasteiger partial charge in [-0.1, -0.05) is 15.9 Å². The Balaban J connectivity index is 2.51. The van der Waals surface area contributed by atoms with Crippen LogP contribution in [0.15, 0.2) is 24.3 Å². The molecule has 2 rings (SSSR count). The van der Waals surface area contributed by atoms with Gasteiger partial charge in [0.2, 0.25) is 0 Å². The molecule has 1 heterocycles. The highest BCUT2D eigenvalue weighted by molar-refractivity contribution is 9.09. The van der Waals surface area contributed by atoms with Crippen molar-refractivity contribution >= 4 is 21.5 Å². The summed E-state index contributed by atoms with van der Waals surface area (Å²) in [4.78, 5) is 0. The topological polar surface area (TPSA) is 18.5 Å². The van der Waals surface area contributed by atoms with Gasteiger partial charge in [-0.2, -0.15) is 0 Å². The van der Waals surface area contributed by atoms with Crippen LogP contribution in [-0.4, -0.2) is 18.0 Å². The molecule has 1 aromatic carbocycles. The van der Waals surface area contributed by atoms with Crippen molar-refractivity contribution in [2.45, 2.75) is 19.4 Å². The second-order valence-corrected chi connectivity index (χ2v) is 4.93. The van der Waals surface area contributed by atoms with E-state index in [-0.39, 0.29) is 5.60 Å². The number of rotatable bonds is 2. The summed E-state index contributed by atoms with van der Waals surface area (Å²) in [5.41, 5.74) is 2.13. The van der Waals surface area contributed by atoms with Gasteiger partial charge < -0.3 is 9.47 Å². The van der Waals surface area contributed by atoms with Gasteiger partial charge in [0.15, 0.2) is 0 Å². The lowest BCUT2D eigenvalue weighted by molar-refractivity contribution is 0.157. The van der Waals surface area contributed by atoms with Gasteiger partial charge in [-0.15, -0.1) is 0 Å². The molecule has 0 radical (unpaired) electrons. The molecule has 3 heteroatoms. The average Bonchev–Trinajstić information content (AvgIpc) is 2.25. The van der Waals surface area contributed by atoms with Crippen LogP contribution >= 0.6 is 15.9 Å². The highest BCUT2D eigenvalue weighted by Crippen LogP contribution is 2.38. The van der Waals surface area contributed by atoms with Gasteiger partial charge in [-0.05, 0) is 37.6 Å². The predicted molar refractivity (Wildman–Crippen MR) is 69.5 cm³/mol. The molecule has 0 saturated carbocycles. The minimum atomic E-state index is -0.261. The van der Waals surface area contributed by atoms with Gasteiger partial charge in [0.25, 0.3) is 0 Å². The molecule has 1 aliphatic rings. The van der Waals surface area contributed by atoms with Crippen LogP contribution in [0, 0.1) is 0 Å².